The molecule has 0 bridgehead atoms. The van der Waals surface area contributed by atoms with Gasteiger partial charge < -0.3 is 14.2 Å². The summed E-state index contributed by atoms with van der Waals surface area (Å²) in [5.74, 6) is 1.81. The van der Waals surface area contributed by atoms with E-state index in [1.165, 1.54) is 69.2 Å². The second-order valence-electron chi connectivity index (χ2n) is 11.6. The number of ether oxygens (including phenoxy) is 3. The van der Waals surface area contributed by atoms with Crippen LogP contribution < -0.4 is 9.47 Å². The van der Waals surface area contributed by atoms with Crippen LogP contribution in [0.1, 0.15) is 111 Å². The number of hydrogen-bond donors (Lipinski definition) is 0. The topological polar surface area (TPSA) is 61.8 Å². The van der Waals surface area contributed by atoms with Crippen molar-refractivity contribution >= 4 is 11.9 Å². The van der Waals surface area contributed by atoms with Gasteiger partial charge in [0.25, 0.3) is 0 Å². The summed E-state index contributed by atoms with van der Waals surface area (Å²) in [6.07, 6.45) is 9.78. The van der Waals surface area contributed by atoms with Gasteiger partial charge in [0, 0.05) is 6.42 Å². The maximum absolute atomic E-state index is 13.4. The van der Waals surface area contributed by atoms with Crippen LogP contribution in [0.2, 0.25) is 0 Å². The fourth-order valence-electron chi connectivity index (χ4n) is 5.01. The third-order valence-electron chi connectivity index (χ3n) is 7.78. The Labute approximate surface area is 276 Å². The zero-order valence-corrected chi connectivity index (χ0v) is 27.2. The van der Waals surface area contributed by atoms with Gasteiger partial charge in [-0.2, -0.15) is 13.2 Å². The number of unbranched alkanes of at least 4 members (excludes halogenated alkanes) is 10. The summed E-state index contributed by atoms with van der Waals surface area (Å²) in [6.45, 7) is 2.93. The SMILES string of the molecule is C#CCCCCC[C@@H](OC(=O)c1ccc(C(=O)Oc2ccc(-c3ccc(OCCCCCCCCCC)cc3)cc2)cc1)C(F)(F)F. The lowest BCUT2D eigenvalue weighted by atomic mass is 10.1. The number of halogens is 3. The summed E-state index contributed by atoms with van der Waals surface area (Å²) >= 11 is 0. The van der Waals surface area contributed by atoms with Crippen molar-refractivity contribution in [1.29, 1.82) is 0 Å². The first-order valence-electron chi connectivity index (χ1n) is 16.6. The molecule has 0 saturated carbocycles. The Bertz CT molecular complexity index is 1390. The highest BCUT2D eigenvalue weighted by Gasteiger charge is 2.42. The first kappa shape index (κ1) is 37.2. The minimum absolute atomic E-state index is 0.0999. The van der Waals surface area contributed by atoms with E-state index in [9.17, 15) is 22.8 Å². The third-order valence-corrected chi connectivity index (χ3v) is 7.78. The van der Waals surface area contributed by atoms with Crippen LogP contribution in [-0.4, -0.2) is 30.8 Å². The van der Waals surface area contributed by atoms with E-state index in [0.717, 1.165) is 23.3 Å². The van der Waals surface area contributed by atoms with Crippen molar-refractivity contribution in [2.75, 3.05) is 6.61 Å². The molecule has 8 heteroatoms. The lowest BCUT2D eigenvalue weighted by Gasteiger charge is -2.20. The zero-order valence-electron chi connectivity index (χ0n) is 27.2. The number of hydrogen-bond acceptors (Lipinski definition) is 5. The minimum Gasteiger partial charge on any atom is -0.494 e. The molecule has 5 nitrogen and oxygen atoms in total. The van der Waals surface area contributed by atoms with Gasteiger partial charge in [-0.3, -0.25) is 0 Å². The number of rotatable bonds is 20. The first-order valence-corrected chi connectivity index (χ1v) is 16.6. The van der Waals surface area contributed by atoms with Crippen LogP contribution in [-0.2, 0) is 4.74 Å². The summed E-state index contributed by atoms with van der Waals surface area (Å²) in [5.41, 5.74) is 1.96. The molecule has 0 aliphatic rings. The maximum atomic E-state index is 13.4. The van der Waals surface area contributed by atoms with Crippen molar-refractivity contribution in [3.63, 3.8) is 0 Å². The van der Waals surface area contributed by atoms with Crippen molar-refractivity contribution in [3.8, 4) is 35.0 Å². The van der Waals surface area contributed by atoms with Crippen LogP contribution in [0.25, 0.3) is 11.1 Å². The van der Waals surface area contributed by atoms with Crippen LogP contribution in [0.15, 0.2) is 72.8 Å². The molecule has 0 heterocycles. The van der Waals surface area contributed by atoms with Crippen molar-refractivity contribution in [3.05, 3.63) is 83.9 Å². The largest absolute Gasteiger partial charge is 0.494 e. The number of terminal acetylenes is 1. The van der Waals surface area contributed by atoms with Gasteiger partial charge in [-0.1, -0.05) is 82.6 Å². The van der Waals surface area contributed by atoms with Gasteiger partial charge in [0.2, 0.25) is 0 Å². The summed E-state index contributed by atoms with van der Waals surface area (Å²) in [4.78, 5) is 25.1. The Kier molecular flexibility index (Phi) is 15.9. The second kappa shape index (κ2) is 20.1. The highest BCUT2D eigenvalue weighted by atomic mass is 19.4. The summed E-state index contributed by atoms with van der Waals surface area (Å²) < 4.78 is 56.4. The first-order chi connectivity index (χ1) is 22.7. The fourth-order valence-corrected chi connectivity index (χ4v) is 5.01. The highest BCUT2D eigenvalue weighted by molar-refractivity contribution is 5.94. The molecule has 0 saturated heterocycles. The molecule has 0 unspecified atom stereocenters. The van der Waals surface area contributed by atoms with Gasteiger partial charge in [-0.05, 0) is 85.3 Å². The van der Waals surface area contributed by atoms with E-state index in [0.29, 0.717) is 31.6 Å². The number of alkyl halides is 3. The standard InChI is InChI=1S/C39H45F3O5/c1-3-5-7-9-10-11-13-15-29-45-34-25-21-30(22-26-34)31-23-27-35(28-24-31)46-37(43)32-17-19-33(20-18-32)38(44)47-36(39(40,41)42)16-14-12-8-6-4-2/h2,17-28,36H,3,5-16,29H2,1H3/t36-/m1/s1. The molecular weight excluding hydrogens is 605 g/mol. The summed E-state index contributed by atoms with van der Waals surface area (Å²) in [6, 6.07) is 20.0. The zero-order chi connectivity index (χ0) is 33.9. The van der Waals surface area contributed by atoms with Crippen molar-refractivity contribution in [1.82, 2.24) is 0 Å². The van der Waals surface area contributed by atoms with Crippen LogP contribution in [0.4, 0.5) is 13.2 Å². The fraction of sp³-hybridized carbons (Fsp3) is 0.436. The van der Waals surface area contributed by atoms with Gasteiger partial charge in [-0.25, -0.2) is 9.59 Å². The molecule has 0 aliphatic heterocycles. The molecule has 47 heavy (non-hydrogen) atoms. The maximum Gasteiger partial charge on any atom is 0.425 e. The number of esters is 2. The van der Waals surface area contributed by atoms with Crippen molar-refractivity contribution < 1.29 is 37.0 Å². The molecule has 0 aromatic heterocycles. The molecule has 0 radical (unpaired) electrons. The molecule has 3 aromatic carbocycles. The predicted octanol–water partition coefficient (Wildman–Crippen LogP) is 10.8. The summed E-state index contributed by atoms with van der Waals surface area (Å²) in [5, 5.41) is 0. The minimum atomic E-state index is -4.69. The highest BCUT2D eigenvalue weighted by Crippen LogP contribution is 2.29. The van der Waals surface area contributed by atoms with E-state index in [1.807, 2.05) is 36.4 Å². The van der Waals surface area contributed by atoms with Crippen molar-refractivity contribution in [2.24, 2.45) is 0 Å². The predicted molar refractivity (Wildman–Crippen MR) is 179 cm³/mol. The van der Waals surface area contributed by atoms with E-state index in [2.05, 4.69) is 12.8 Å². The van der Waals surface area contributed by atoms with E-state index in [1.54, 1.807) is 12.1 Å². The molecule has 0 fully saturated rings. The van der Waals surface area contributed by atoms with Gasteiger partial charge in [0.15, 0.2) is 6.10 Å². The third kappa shape index (κ3) is 13.6. The van der Waals surface area contributed by atoms with Crippen LogP contribution >= 0.6 is 0 Å². The Balaban J connectivity index is 1.45. The average molecular weight is 651 g/mol. The van der Waals surface area contributed by atoms with E-state index < -0.39 is 24.2 Å². The Morgan fingerprint density at radius 1 is 0.681 bits per heavy atom. The molecule has 3 rings (SSSR count). The Hall–Kier alpha value is -4.25. The van der Waals surface area contributed by atoms with Gasteiger partial charge in [0.1, 0.15) is 11.5 Å². The lowest BCUT2D eigenvalue weighted by molar-refractivity contribution is -0.206. The molecule has 0 aliphatic carbocycles. The van der Waals surface area contributed by atoms with Gasteiger partial charge in [0.05, 0.1) is 17.7 Å². The normalized spacial score (nSPS) is 11.8. The van der Waals surface area contributed by atoms with Crippen LogP contribution in [0, 0.1) is 12.3 Å². The smallest absolute Gasteiger partial charge is 0.425 e. The van der Waals surface area contributed by atoms with E-state index in [-0.39, 0.29) is 24.0 Å². The van der Waals surface area contributed by atoms with E-state index >= 15 is 0 Å². The van der Waals surface area contributed by atoms with Crippen molar-refractivity contribution in [2.45, 2.75) is 103 Å². The van der Waals surface area contributed by atoms with Gasteiger partial charge in [-0.15, -0.1) is 12.3 Å². The number of carbonyl (C=O) groups excluding carboxylic acids is 2. The molecule has 1 atom stereocenters. The monoisotopic (exact) mass is 650 g/mol. The molecular formula is C39H45F3O5. The summed E-state index contributed by atoms with van der Waals surface area (Å²) in [7, 11) is 0. The average Bonchev–Trinajstić information content (AvgIpc) is 3.07. The van der Waals surface area contributed by atoms with Crippen LogP contribution in [0.5, 0.6) is 11.5 Å². The lowest BCUT2D eigenvalue weighted by Crippen LogP contribution is -2.33. The molecule has 0 amide bonds. The molecule has 252 valence electrons. The Morgan fingerprint density at radius 3 is 1.74 bits per heavy atom. The molecule has 3 aromatic rings. The van der Waals surface area contributed by atoms with E-state index in [4.69, 9.17) is 20.6 Å². The second-order valence-corrected chi connectivity index (χ2v) is 11.6. The number of carbonyl (C=O) groups is 2. The molecule has 0 spiro atoms. The quantitative estimate of drug-likeness (QED) is 0.0527. The molecule has 0 N–H and O–H groups in total. The van der Waals surface area contributed by atoms with Crippen LogP contribution in [0.3, 0.4) is 0 Å². The van der Waals surface area contributed by atoms with Gasteiger partial charge >= 0.3 is 18.1 Å². The Morgan fingerprint density at radius 2 is 1.19 bits per heavy atom. The number of benzene rings is 3.